The first kappa shape index (κ1) is 7.58. The van der Waals surface area contributed by atoms with Gasteiger partial charge < -0.3 is 5.84 Å². The minimum Gasteiger partial charge on any atom is -0.323 e. The van der Waals surface area contributed by atoms with Crippen LogP contribution in [0.25, 0.3) is 0 Å². The van der Waals surface area contributed by atoms with E-state index in [2.05, 4.69) is 25.9 Å². The highest BCUT2D eigenvalue weighted by Gasteiger charge is 2.33. The maximum Gasteiger partial charge on any atom is 0.0409 e. The third kappa shape index (κ3) is 1.31. The number of hydrogen-bond donors (Lipinski definition) is 1. The lowest BCUT2D eigenvalue weighted by Gasteiger charge is -2.14. The fraction of sp³-hybridized carbons (Fsp3) is 0.875. The van der Waals surface area contributed by atoms with Crippen molar-refractivity contribution < 1.29 is 0 Å². The molecule has 58 valence electrons. The van der Waals surface area contributed by atoms with Gasteiger partial charge in [-0.3, -0.25) is 0 Å². The van der Waals surface area contributed by atoms with Crippen molar-refractivity contribution >= 4 is 5.71 Å². The molecular weight excluding hydrogens is 124 g/mol. The first-order valence-electron chi connectivity index (χ1n) is 3.82. The molecule has 1 atom stereocenters. The van der Waals surface area contributed by atoms with E-state index in [1.54, 1.807) is 0 Å². The zero-order chi connectivity index (χ0) is 7.78. The van der Waals surface area contributed by atoms with E-state index in [1.807, 2.05) is 0 Å². The van der Waals surface area contributed by atoms with Crippen LogP contribution in [0.5, 0.6) is 0 Å². The van der Waals surface area contributed by atoms with Crippen LogP contribution in [-0.4, -0.2) is 5.71 Å². The van der Waals surface area contributed by atoms with Gasteiger partial charge >= 0.3 is 0 Å². The molecule has 0 heterocycles. The van der Waals surface area contributed by atoms with Gasteiger partial charge in [-0.2, -0.15) is 5.10 Å². The van der Waals surface area contributed by atoms with Crippen LogP contribution in [0.4, 0.5) is 0 Å². The molecule has 0 bridgehead atoms. The zero-order valence-corrected chi connectivity index (χ0v) is 7.02. The summed E-state index contributed by atoms with van der Waals surface area (Å²) >= 11 is 0. The van der Waals surface area contributed by atoms with Gasteiger partial charge in [-0.25, -0.2) is 0 Å². The van der Waals surface area contributed by atoms with E-state index >= 15 is 0 Å². The highest BCUT2D eigenvalue weighted by molar-refractivity contribution is 5.88. The summed E-state index contributed by atoms with van der Waals surface area (Å²) < 4.78 is 0. The average molecular weight is 140 g/mol. The molecule has 1 unspecified atom stereocenters. The van der Waals surface area contributed by atoms with Gasteiger partial charge in [-0.1, -0.05) is 20.8 Å². The Labute approximate surface area is 62.5 Å². The molecule has 1 saturated carbocycles. The van der Waals surface area contributed by atoms with Gasteiger partial charge in [0.15, 0.2) is 0 Å². The molecule has 0 aromatic carbocycles. The van der Waals surface area contributed by atoms with E-state index in [9.17, 15) is 0 Å². The molecule has 0 amide bonds. The molecular formula is C8H16N2. The SMILES string of the molecule is CC1CC(C)(C)C/C1=N\N. The van der Waals surface area contributed by atoms with Crippen molar-refractivity contribution in [1.82, 2.24) is 0 Å². The quantitative estimate of drug-likeness (QED) is 0.404. The minimum absolute atomic E-state index is 0.428. The predicted molar refractivity (Wildman–Crippen MR) is 43.8 cm³/mol. The Kier molecular flexibility index (Phi) is 1.71. The molecule has 0 aliphatic heterocycles. The van der Waals surface area contributed by atoms with Crippen LogP contribution in [0.2, 0.25) is 0 Å². The molecule has 1 aliphatic carbocycles. The second-order valence-electron chi connectivity index (χ2n) is 4.07. The second kappa shape index (κ2) is 2.26. The maximum atomic E-state index is 5.23. The standard InChI is InChI=1S/C8H16N2/c1-6-4-8(2,3)5-7(6)10-9/h6H,4-5,9H2,1-3H3/b10-7+. The topological polar surface area (TPSA) is 38.4 Å². The van der Waals surface area contributed by atoms with Gasteiger partial charge in [-0.05, 0) is 24.2 Å². The van der Waals surface area contributed by atoms with Crippen LogP contribution in [-0.2, 0) is 0 Å². The molecule has 1 fully saturated rings. The monoisotopic (exact) mass is 140 g/mol. The van der Waals surface area contributed by atoms with Gasteiger partial charge in [0.05, 0.1) is 0 Å². The summed E-state index contributed by atoms with van der Waals surface area (Å²) in [7, 11) is 0. The Bertz CT molecular complexity index is 159. The van der Waals surface area contributed by atoms with Crippen molar-refractivity contribution in [2.45, 2.75) is 33.6 Å². The summed E-state index contributed by atoms with van der Waals surface area (Å²) in [5.41, 5.74) is 1.61. The fourth-order valence-corrected chi connectivity index (χ4v) is 1.86. The van der Waals surface area contributed by atoms with E-state index in [-0.39, 0.29) is 0 Å². The Hall–Kier alpha value is -0.530. The zero-order valence-electron chi connectivity index (χ0n) is 7.02. The molecule has 2 N–H and O–H groups in total. The first-order chi connectivity index (χ1) is 4.55. The van der Waals surface area contributed by atoms with Crippen LogP contribution in [0.1, 0.15) is 33.6 Å². The maximum absolute atomic E-state index is 5.23. The molecule has 0 saturated heterocycles. The van der Waals surface area contributed by atoms with Crippen molar-refractivity contribution in [2.24, 2.45) is 22.3 Å². The largest absolute Gasteiger partial charge is 0.323 e. The Morgan fingerprint density at radius 3 is 2.40 bits per heavy atom. The third-order valence-electron chi connectivity index (χ3n) is 2.25. The van der Waals surface area contributed by atoms with Crippen molar-refractivity contribution in [2.75, 3.05) is 0 Å². The fourth-order valence-electron chi connectivity index (χ4n) is 1.86. The van der Waals surface area contributed by atoms with E-state index in [0.717, 1.165) is 6.42 Å². The van der Waals surface area contributed by atoms with Gasteiger partial charge in [0.2, 0.25) is 0 Å². The molecule has 0 radical (unpaired) electrons. The predicted octanol–water partition coefficient (Wildman–Crippen LogP) is 1.76. The number of rotatable bonds is 0. The average Bonchev–Trinajstić information content (AvgIpc) is 2.05. The van der Waals surface area contributed by atoms with E-state index < -0.39 is 0 Å². The molecule has 2 nitrogen and oxygen atoms in total. The van der Waals surface area contributed by atoms with Gasteiger partial charge in [-0.15, -0.1) is 0 Å². The van der Waals surface area contributed by atoms with Crippen molar-refractivity contribution in [3.63, 3.8) is 0 Å². The van der Waals surface area contributed by atoms with Crippen molar-refractivity contribution in [1.29, 1.82) is 0 Å². The van der Waals surface area contributed by atoms with Crippen LogP contribution in [0.3, 0.4) is 0 Å². The Balaban J connectivity index is 2.71. The number of hydrazone groups is 1. The third-order valence-corrected chi connectivity index (χ3v) is 2.25. The van der Waals surface area contributed by atoms with Crippen molar-refractivity contribution in [3.05, 3.63) is 0 Å². The summed E-state index contributed by atoms with van der Waals surface area (Å²) in [4.78, 5) is 0. The minimum atomic E-state index is 0.428. The van der Waals surface area contributed by atoms with Gasteiger partial charge in [0.25, 0.3) is 0 Å². The molecule has 1 aliphatic rings. The molecule has 2 heteroatoms. The Morgan fingerprint density at radius 1 is 1.60 bits per heavy atom. The Morgan fingerprint density at radius 2 is 2.20 bits per heavy atom. The summed E-state index contributed by atoms with van der Waals surface area (Å²) in [6.07, 6.45) is 2.30. The lowest BCUT2D eigenvalue weighted by molar-refractivity contribution is 0.368. The van der Waals surface area contributed by atoms with Crippen molar-refractivity contribution in [3.8, 4) is 0 Å². The summed E-state index contributed by atoms with van der Waals surface area (Å²) in [6, 6.07) is 0. The summed E-state index contributed by atoms with van der Waals surface area (Å²) in [6.45, 7) is 6.73. The molecule has 0 spiro atoms. The van der Waals surface area contributed by atoms with E-state index in [1.165, 1.54) is 12.1 Å². The molecule has 0 aromatic rings. The number of hydrogen-bond acceptors (Lipinski definition) is 2. The van der Waals surface area contributed by atoms with Crippen LogP contribution >= 0.6 is 0 Å². The number of nitrogens with two attached hydrogens (primary N) is 1. The van der Waals surface area contributed by atoms with Crippen LogP contribution in [0, 0.1) is 11.3 Å². The first-order valence-corrected chi connectivity index (χ1v) is 3.82. The van der Waals surface area contributed by atoms with Gasteiger partial charge in [0.1, 0.15) is 0 Å². The lowest BCUT2D eigenvalue weighted by Crippen LogP contribution is -2.05. The second-order valence-corrected chi connectivity index (χ2v) is 4.07. The highest BCUT2D eigenvalue weighted by atomic mass is 15.1. The number of nitrogens with zero attached hydrogens (tertiary/aromatic N) is 1. The smallest absolute Gasteiger partial charge is 0.0409 e. The van der Waals surface area contributed by atoms with Gasteiger partial charge in [0, 0.05) is 5.71 Å². The highest BCUT2D eigenvalue weighted by Crippen LogP contribution is 2.38. The summed E-state index contributed by atoms with van der Waals surface area (Å²) in [5.74, 6) is 5.83. The molecule has 10 heavy (non-hydrogen) atoms. The van der Waals surface area contributed by atoms with E-state index in [0.29, 0.717) is 11.3 Å². The lowest BCUT2D eigenvalue weighted by atomic mass is 9.91. The molecule has 0 aromatic heterocycles. The summed E-state index contributed by atoms with van der Waals surface area (Å²) in [5, 5.41) is 3.78. The van der Waals surface area contributed by atoms with Crippen LogP contribution < -0.4 is 5.84 Å². The molecule has 1 rings (SSSR count). The normalized spacial score (nSPS) is 35.1. The van der Waals surface area contributed by atoms with E-state index in [4.69, 9.17) is 5.84 Å². The van der Waals surface area contributed by atoms with Crippen LogP contribution in [0.15, 0.2) is 5.10 Å².